The van der Waals surface area contributed by atoms with Crippen LogP contribution in [0.1, 0.15) is 51.9 Å². The van der Waals surface area contributed by atoms with E-state index in [9.17, 15) is 4.79 Å². The monoisotopic (exact) mass is 352 g/mol. The molecule has 3 N–H and O–H groups in total. The molecule has 0 radical (unpaired) electrons. The van der Waals surface area contributed by atoms with E-state index in [0.29, 0.717) is 0 Å². The highest BCUT2D eigenvalue weighted by Gasteiger charge is 2.38. The van der Waals surface area contributed by atoms with Gasteiger partial charge in [0.05, 0.1) is 0 Å². The van der Waals surface area contributed by atoms with E-state index in [2.05, 4.69) is 28.2 Å². The standard InChI is InChI=1S/C17H25BrN2O/c1-2-5-13-6-4-10-17(11-9-13,16(19)21)20-15-8-3-7-14(18)12-15/h3,7-8,12-13,20H,2,4-6,9-11H2,1H3,(H2,19,21). The van der Waals surface area contributed by atoms with Gasteiger partial charge in [-0.1, -0.05) is 54.6 Å². The average Bonchev–Trinajstić information content (AvgIpc) is 2.63. The SMILES string of the molecule is CCCC1CCCC(Nc2cccc(Br)c2)(C(N)=O)CC1. The summed E-state index contributed by atoms with van der Waals surface area (Å²) >= 11 is 3.47. The summed E-state index contributed by atoms with van der Waals surface area (Å²) in [5.41, 5.74) is 6.13. The number of benzene rings is 1. The largest absolute Gasteiger partial charge is 0.371 e. The normalized spacial score (nSPS) is 26.1. The van der Waals surface area contributed by atoms with E-state index in [4.69, 9.17) is 5.73 Å². The maximum absolute atomic E-state index is 12.1. The molecule has 1 aliphatic carbocycles. The van der Waals surface area contributed by atoms with Crippen LogP contribution in [0.25, 0.3) is 0 Å². The number of amides is 1. The Labute approximate surface area is 135 Å². The van der Waals surface area contributed by atoms with Crippen LogP contribution in [0.4, 0.5) is 5.69 Å². The number of nitrogens with two attached hydrogens (primary N) is 1. The van der Waals surface area contributed by atoms with Gasteiger partial charge in [-0.3, -0.25) is 4.79 Å². The zero-order valence-corrected chi connectivity index (χ0v) is 14.3. The van der Waals surface area contributed by atoms with Gasteiger partial charge in [0.15, 0.2) is 0 Å². The number of hydrogen-bond acceptors (Lipinski definition) is 2. The third-order valence-corrected chi connectivity index (χ3v) is 5.07. The summed E-state index contributed by atoms with van der Waals surface area (Å²) in [6, 6.07) is 7.94. The van der Waals surface area contributed by atoms with Gasteiger partial charge in [0.1, 0.15) is 5.54 Å². The Morgan fingerprint density at radius 1 is 1.43 bits per heavy atom. The molecular formula is C17H25BrN2O. The molecule has 0 bridgehead atoms. The van der Waals surface area contributed by atoms with Crippen molar-refractivity contribution in [3.05, 3.63) is 28.7 Å². The van der Waals surface area contributed by atoms with Crippen LogP contribution in [-0.2, 0) is 4.79 Å². The van der Waals surface area contributed by atoms with E-state index in [0.717, 1.165) is 41.8 Å². The van der Waals surface area contributed by atoms with Gasteiger partial charge < -0.3 is 11.1 Å². The van der Waals surface area contributed by atoms with Crippen LogP contribution in [0.5, 0.6) is 0 Å². The highest BCUT2D eigenvalue weighted by atomic mass is 79.9. The molecule has 1 aromatic carbocycles. The lowest BCUT2D eigenvalue weighted by Gasteiger charge is -2.32. The third kappa shape index (κ3) is 4.22. The zero-order chi connectivity index (χ0) is 15.3. The van der Waals surface area contributed by atoms with Gasteiger partial charge in [-0.05, 0) is 43.4 Å². The first kappa shape index (κ1) is 16.3. The van der Waals surface area contributed by atoms with Crippen molar-refractivity contribution in [3.8, 4) is 0 Å². The van der Waals surface area contributed by atoms with Crippen LogP contribution in [0.15, 0.2) is 28.7 Å². The molecule has 4 heteroatoms. The quantitative estimate of drug-likeness (QED) is 0.768. The predicted octanol–water partition coefficient (Wildman–Crippen LogP) is 4.47. The number of carbonyl (C=O) groups excluding carboxylic acids is 1. The van der Waals surface area contributed by atoms with Crippen LogP contribution >= 0.6 is 15.9 Å². The minimum Gasteiger partial charge on any atom is -0.371 e. The fourth-order valence-corrected chi connectivity index (χ4v) is 3.78. The Kier molecular flexibility index (Phi) is 5.68. The van der Waals surface area contributed by atoms with E-state index in [1.54, 1.807) is 0 Å². The number of hydrogen-bond donors (Lipinski definition) is 2. The molecule has 0 aromatic heterocycles. The second-order valence-corrected chi connectivity index (χ2v) is 7.08. The van der Waals surface area contributed by atoms with E-state index in [1.807, 2.05) is 24.3 Å². The van der Waals surface area contributed by atoms with Crippen LogP contribution in [0, 0.1) is 5.92 Å². The number of primary amides is 1. The van der Waals surface area contributed by atoms with Gasteiger partial charge in [-0.15, -0.1) is 0 Å². The molecule has 21 heavy (non-hydrogen) atoms. The Morgan fingerprint density at radius 2 is 2.24 bits per heavy atom. The van der Waals surface area contributed by atoms with E-state index in [1.165, 1.54) is 19.3 Å². The highest BCUT2D eigenvalue weighted by Crippen LogP contribution is 2.35. The summed E-state index contributed by atoms with van der Waals surface area (Å²) in [6.45, 7) is 2.23. The topological polar surface area (TPSA) is 55.1 Å². The molecule has 0 spiro atoms. The fourth-order valence-electron chi connectivity index (χ4n) is 3.38. The zero-order valence-electron chi connectivity index (χ0n) is 12.7. The van der Waals surface area contributed by atoms with E-state index < -0.39 is 5.54 Å². The molecular weight excluding hydrogens is 328 g/mol. The van der Waals surface area contributed by atoms with Gasteiger partial charge in [0, 0.05) is 10.2 Å². The van der Waals surface area contributed by atoms with Crippen LogP contribution in [0.2, 0.25) is 0 Å². The number of nitrogens with one attached hydrogen (secondary N) is 1. The smallest absolute Gasteiger partial charge is 0.243 e. The number of rotatable bonds is 5. The molecule has 1 aromatic rings. The van der Waals surface area contributed by atoms with Crippen molar-refractivity contribution < 1.29 is 4.79 Å². The number of halogens is 1. The Bertz CT molecular complexity index is 491. The molecule has 1 amide bonds. The molecule has 1 fully saturated rings. The molecule has 2 unspecified atom stereocenters. The number of anilines is 1. The predicted molar refractivity (Wildman–Crippen MR) is 91.2 cm³/mol. The van der Waals surface area contributed by atoms with Crippen LogP contribution < -0.4 is 11.1 Å². The first-order valence-corrected chi connectivity index (χ1v) is 8.69. The average molecular weight is 353 g/mol. The van der Waals surface area contributed by atoms with Gasteiger partial charge in [-0.25, -0.2) is 0 Å². The number of carbonyl (C=O) groups is 1. The molecule has 2 atom stereocenters. The molecule has 116 valence electrons. The second kappa shape index (κ2) is 7.30. The molecule has 1 aliphatic rings. The fraction of sp³-hybridized carbons (Fsp3) is 0.588. The summed E-state index contributed by atoms with van der Waals surface area (Å²) in [5.74, 6) is 0.514. The van der Waals surface area contributed by atoms with Crippen molar-refractivity contribution in [2.24, 2.45) is 11.7 Å². The molecule has 0 heterocycles. The minimum atomic E-state index is -0.594. The second-order valence-electron chi connectivity index (χ2n) is 6.17. The Morgan fingerprint density at radius 3 is 2.90 bits per heavy atom. The summed E-state index contributed by atoms with van der Waals surface area (Å²) in [7, 11) is 0. The third-order valence-electron chi connectivity index (χ3n) is 4.57. The summed E-state index contributed by atoms with van der Waals surface area (Å²) in [5, 5.41) is 3.43. The molecule has 2 rings (SSSR count). The summed E-state index contributed by atoms with van der Waals surface area (Å²) in [4.78, 5) is 12.1. The van der Waals surface area contributed by atoms with Gasteiger partial charge in [0.25, 0.3) is 0 Å². The van der Waals surface area contributed by atoms with Crippen molar-refractivity contribution in [3.63, 3.8) is 0 Å². The highest BCUT2D eigenvalue weighted by molar-refractivity contribution is 9.10. The van der Waals surface area contributed by atoms with E-state index >= 15 is 0 Å². The van der Waals surface area contributed by atoms with Gasteiger partial charge >= 0.3 is 0 Å². The lowest BCUT2D eigenvalue weighted by molar-refractivity contribution is -0.122. The van der Waals surface area contributed by atoms with Crippen LogP contribution in [-0.4, -0.2) is 11.4 Å². The lowest BCUT2D eigenvalue weighted by atomic mass is 9.88. The maximum atomic E-state index is 12.1. The van der Waals surface area contributed by atoms with Crippen LogP contribution in [0.3, 0.4) is 0 Å². The first-order chi connectivity index (χ1) is 10.1. The minimum absolute atomic E-state index is 0.223. The van der Waals surface area contributed by atoms with Crippen molar-refractivity contribution in [1.29, 1.82) is 0 Å². The molecule has 1 saturated carbocycles. The molecule has 0 aliphatic heterocycles. The summed E-state index contributed by atoms with van der Waals surface area (Å²) < 4.78 is 1.00. The molecule has 0 saturated heterocycles. The first-order valence-electron chi connectivity index (χ1n) is 7.89. The Balaban J connectivity index is 2.15. The van der Waals surface area contributed by atoms with Crippen molar-refractivity contribution in [1.82, 2.24) is 0 Å². The summed E-state index contributed by atoms with van der Waals surface area (Å²) in [6.07, 6.45) is 7.49. The van der Waals surface area contributed by atoms with Crippen molar-refractivity contribution >= 4 is 27.5 Å². The van der Waals surface area contributed by atoms with Crippen molar-refractivity contribution in [2.45, 2.75) is 57.4 Å². The van der Waals surface area contributed by atoms with Crippen molar-refractivity contribution in [2.75, 3.05) is 5.32 Å². The van der Waals surface area contributed by atoms with Gasteiger partial charge in [0.2, 0.25) is 5.91 Å². The maximum Gasteiger partial charge on any atom is 0.243 e. The van der Waals surface area contributed by atoms with Gasteiger partial charge in [-0.2, -0.15) is 0 Å². The van der Waals surface area contributed by atoms with E-state index in [-0.39, 0.29) is 5.91 Å². The molecule has 3 nitrogen and oxygen atoms in total. The lowest BCUT2D eigenvalue weighted by Crippen LogP contribution is -2.50. The Hall–Kier alpha value is -1.03.